The molecule has 0 saturated heterocycles. The minimum Gasteiger partial charge on any atom is -0.481 e. The molecule has 1 aliphatic rings. The van der Waals surface area contributed by atoms with E-state index in [1.54, 1.807) is 21.6 Å². The van der Waals surface area contributed by atoms with E-state index in [0.29, 0.717) is 49.9 Å². The molecule has 0 fully saturated rings. The molecular formula is C21H23N5O4. The predicted octanol–water partition coefficient (Wildman–Crippen LogP) is 1.20. The van der Waals surface area contributed by atoms with Crippen molar-refractivity contribution in [3.8, 4) is 11.8 Å². The quantitative estimate of drug-likeness (QED) is 0.629. The maximum absolute atomic E-state index is 13.0. The third-order valence-corrected chi connectivity index (χ3v) is 5.13. The number of ether oxygens (including phenoxy) is 2. The van der Waals surface area contributed by atoms with E-state index in [1.807, 2.05) is 30.3 Å². The van der Waals surface area contributed by atoms with E-state index in [-0.39, 0.29) is 17.5 Å². The first-order valence-corrected chi connectivity index (χ1v) is 9.69. The molecule has 3 heterocycles. The van der Waals surface area contributed by atoms with Gasteiger partial charge in [0.15, 0.2) is 0 Å². The Balaban J connectivity index is 1.51. The Morgan fingerprint density at radius 3 is 2.57 bits per heavy atom. The number of hydrogen-bond acceptors (Lipinski definition) is 6. The number of carbonyl (C=O) groups excluding carboxylic acids is 1. The second-order valence-electron chi connectivity index (χ2n) is 6.95. The molecule has 1 aliphatic heterocycles. The van der Waals surface area contributed by atoms with Gasteiger partial charge in [-0.05, 0) is 11.6 Å². The summed E-state index contributed by atoms with van der Waals surface area (Å²) in [5.41, 5.74) is 1.22. The molecule has 0 bridgehead atoms. The number of methoxy groups -OCH3 is 2. The first-order valence-electron chi connectivity index (χ1n) is 9.69. The lowest BCUT2D eigenvalue weighted by molar-refractivity contribution is 0.0754. The lowest BCUT2D eigenvalue weighted by atomic mass is 10.2. The molecule has 0 unspecified atom stereocenters. The first-order chi connectivity index (χ1) is 14.6. The van der Waals surface area contributed by atoms with Gasteiger partial charge in [-0.25, -0.2) is 9.48 Å². The summed E-state index contributed by atoms with van der Waals surface area (Å²) in [6, 6.07) is 13.0. The molecule has 2 aromatic heterocycles. The number of amides is 1. The van der Waals surface area contributed by atoms with E-state index in [9.17, 15) is 9.59 Å². The van der Waals surface area contributed by atoms with Gasteiger partial charge < -0.3 is 14.4 Å². The van der Waals surface area contributed by atoms with Crippen molar-refractivity contribution in [1.29, 1.82) is 0 Å². The number of hydrogen-bond donors (Lipinski definition) is 0. The summed E-state index contributed by atoms with van der Waals surface area (Å²) in [6.07, 6.45) is 0.495. The molecule has 0 spiro atoms. The fourth-order valence-electron chi connectivity index (χ4n) is 3.55. The van der Waals surface area contributed by atoms with Crippen LogP contribution in [-0.4, -0.2) is 57.4 Å². The van der Waals surface area contributed by atoms with E-state index in [1.165, 1.54) is 18.9 Å². The van der Waals surface area contributed by atoms with Gasteiger partial charge in [0.25, 0.3) is 5.91 Å². The molecule has 1 amide bonds. The summed E-state index contributed by atoms with van der Waals surface area (Å²) >= 11 is 0. The van der Waals surface area contributed by atoms with Crippen LogP contribution in [0.3, 0.4) is 0 Å². The van der Waals surface area contributed by atoms with Crippen LogP contribution in [0.2, 0.25) is 0 Å². The number of fused-ring (bicyclic) bond motifs is 1. The molecule has 4 rings (SSSR count). The van der Waals surface area contributed by atoms with Crippen LogP contribution in [0, 0.1) is 0 Å². The van der Waals surface area contributed by atoms with Gasteiger partial charge in [0.2, 0.25) is 11.8 Å². The van der Waals surface area contributed by atoms with Crippen molar-refractivity contribution in [2.45, 2.75) is 19.5 Å². The summed E-state index contributed by atoms with van der Waals surface area (Å²) in [6.45, 7) is 1.67. The predicted molar refractivity (Wildman–Crippen MR) is 109 cm³/mol. The Bertz CT molecular complexity index is 1110. The van der Waals surface area contributed by atoms with E-state index in [2.05, 4.69) is 10.1 Å². The van der Waals surface area contributed by atoms with Crippen LogP contribution >= 0.6 is 0 Å². The van der Waals surface area contributed by atoms with Crippen LogP contribution in [0.5, 0.6) is 11.8 Å². The fourth-order valence-corrected chi connectivity index (χ4v) is 3.55. The Hall–Kier alpha value is -3.62. The molecule has 3 aromatic rings. The number of pyridine rings is 1. The second kappa shape index (κ2) is 8.40. The Labute approximate surface area is 173 Å². The number of nitrogens with zero attached hydrogens (tertiary/aromatic N) is 5. The van der Waals surface area contributed by atoms with Crippen LogP contribution in [0.1, 0.15) is 21.7 Å². The van der Waals surface area contributed by atoms with Gasteiger partial charge in [0, 0.05) is 32.1 Å². The fraction of sp³-hybridized carbons (Fsp3) is 0.333. The summed E-state index contributed by atoms with van der Waals surface area (Å²) in [5, 5.41) is 4.50. The van der Waals surface area contributed by atoms with Gasteiger partial charge in [-0.3, -0.25) is 9.36 Å². The van der Waals surface area contributed by atoms with Crippen LogP contribution in [0.4, 0.5) is 0 Å². The second-order valence-corrected chi connectivity index (χ2v) is 6.95. The maximum Gasteiger partial charge on any atom is 0.346 e. The smallest absolute Gasteiger partial charge is 0.346 e. The van der Waals surface area contributed by atoms with Gasteiger partial charge in [-0.1, -0.05) is 30.3 Å². The lowest BCUT2D eigenvalue weighted by Crippen LogP contribution is -2.35. The Morgan fingerprint density at radius 2 is 1.83 bits per heavy atom. The van der Waals surface area contributed by atoms with Gasteiger partial charge in [-0.2, -0.15) is 10.1 Å². The van der Waals surface area contributed by atoms with Gasteiger partial charge in [-0.15, -0.1) is 0 Å². The van der Waals surface area contributed by atoms with Gasteiger partial charge >= 0.3 is 5.69 Å². The summed E-state index contributed by atoms with van der Waals surface area (Å²) < 4.78 is 13.5. The number of carbonyl (C=O) groups is 1. The van der Waals surface area contributed by atoms with Crippen LogP contribution < -0.4 is 15.2 Å². The molecule has 30 heavy (non-hydrogen) atoms. The van der Waals surface area contributed by atoms with E-state index < -0.39 is 0 Å². The monoisotopic (exact) mass is 409 g/mol. The van der Waals surface area contributed by atoms with E-state index in [4.69, 9.17) is 9.47 Å². The minimum absolute atomic E-state index is 0.160. The third-order valence-electron chi connectivity index (χ3n) is 5.13. The molecule has 1 aromatic carbocycles. The van der Waals surface area contributed by atoms with Crippen molar-refractivity contribution in [1.82, 2.24) is 24.2 Å². The zero-order valence-electron chi connectivity index (χ0n) is 16.9. The number of rotatable bonds is 5. The average Bonchev–Trinajstić information content (AvgIpc) is 2.94. The van der Waals surface area contributed by atoms with Crippen molar-refractivity contribution in [3.63, 3.8) is 0 Å². The van der Waals surface area contributed by atoms with Gasteiger partial charge in [0.1, 0.15) is 11.4 Å². The third kappa shape index (κ3) is 3.78. The van der Waals surface area contributed by atoms with Crippen molar-refractivity contribution in [3.05, 3.63) is 69.9 Å². The molecule has 0 aliphatic carbocycles. The highest BCUT2D eigenvalue weighted by Crippen LogP contribution is 2.22. The van der Waals surface area contributed by atoms with Crippen molar-refractivity contribution in [2.75, 3.05) is 27.3 Å². The zero-order chi connectivity index (χ0) is 21.1. The SMILES string of the molecule is COc1ccc(C(=O)N2CCc3nn(Cc4ccccc4)c(=O)n3CC2)c(OC)n1. The molecule has 9 nitrogen and oxygen atoms in total. The van der Waals surface area contributed by atoms with Crippen LogP contribution in [-0.2, 0) is 19.5 Å². The highest BCUT2D eigenvalue weighted by Gasteiger charge is 2.25. The van der Waals surface area contributed by atoms with E-state index in [0.717, 1.165) is 5.56 Å². The van der Waals surface area contributed by atoms with Crippen molar-refractivity contribution in [2.24, 2.45) is 0 Å². The minimum atomic E-state index is -0.197. The Morgan fingerprint density at radius 1 is 1.03 bits per heavy atom. The largest absolute Gasteiger partial charge is 0.481 e. The maximum atomic E-state index is 13.0. The normalized spacial score (nSPS) is 13.5. The lowest BCUT2D eigenvalue weighted by Gasteiger charge is -2.21. The molecule has 156 valence electrons. The highest BCUT2D eigenvalue weighted by molar-refractivity contribution is 5.96. The summed E-state index contributed by atoms with van der Waals surface area (Å²) in [7, 11) is 2.97. The van der Waals surface area contributed by atoms with E-state index >= 15 is 0 Å². The molecule has 0 saturated carbocycles. The molecule has 0 radical (unpaired) electrons. The van der Waals surface area contributed by atoms with Crippen LogP contribution in [0.15, 0.2) is 47.3 Å². The first kappa shape index (κ1) is 19.7. The molecule has 9 heteroatoms. The number of aromatic nitrogens is 4. The van der Waals surface area contributed by atoms with Crippen molar-refractivity contribution < 1.29 is 14.3 Å². The highest BCUT2D eigenvalue weighted by atomic mass is 16.5. The van der Waals surface area contributed by atoms with Crippen molar-refractivity contribution >= 4 is 5.91 Å². The van der Waals surface area contributed by atoms with Gasteiger partial charge in [0.05, 0.1) is 20.8 Å². The summed E-state index contributed by atoms with van der Waals surface area (Å²) in [5.74, 6) is 1.08. The van der Waals surface area contributed by atoms with Crippen LogP contribution in [0.25, 0.3) is 0 Å². The standard InChI is InChI=1S/C21H23N5O4/c1-29-18-9-8-16(19(22-18)30-2)20(27)24-11-10-17-23-26(21(28)25(17)13-12-24)14-15-6-4-3-5-7-15/h3-9H,10-14H2,1-2H3. The molecular weight excluding hydrogens is 386 g/mol. The zero-order valence-corrected chi connectivity index (χ0v) is 16.9. The summed E-state index contributed by atoms with van der Waals surface area (Å²) in [4.78, 5) is 31.7. The number of benzene rings is 1. The topological polar surface area (TPSA) is 91.5 Å². The molecule has 0 atom stereocenters. The Kier molecular flexibility index (Phi) is 5.51. The molecule has 0 N–H and O–H groups in total. The average molecular weight is 409 g/mol.